The van der Waals surface area contributed by atoms with Crippen LogP contribution in [0.15, 0.2) is 0 Å². The van der Waals surface area contributed by atoms with Crippen molar-refractivity contribution in [2.75, 3.05) is 40.8 Å². The van der Waals surface area contributed by atoms with Gasteiger partial charge in [0.1, 0.15) is 0 Å². The van der Waals surface area contributed by atoms with Gasteiger partial charge in [0, 0.05) is 25.2 Å². The second-order valence-corrected chi connectivity index (χ2v) is 6.73. The lowest BCUT2D eigenvalue weighted by Crippen LogP contribution is -2.52. The monoisotopic (exact) mass is 241 g/mol. The first-order valence-corrected chi connectivity index (χ1v) is 6.90. The van der Waals surface area contributed by atoms with Crippen LogP contribution >= 0.6 is 0 Å². The quantitative estimate of drug-likeness (QED) is 0.807. The number of piperidine rings is 1. The molecule has 1 fully saturated rings. The van der Waals surface area contributed by atoms with E-state index >= 15 is 0 Å². The van der Waals surface area contributed by atoms with E-state index in [2.05, 4.69) is 57.0 Å². The summed E-state index contributed by atoms with van der Waals surface area (Å²) in [7, 11) is 6.49. The van der Waals surface area contributed by atoms with Crippen molar-refractivity contribution in [1.29, 1.82) is 0 Å². The van der Waals surface area contributed by atoms with Crippen molar-refractivity contribution in [2.24, 2.45) is 5.41 Å². The zero-order chi connectivity index (χ0) is 13.1. The first-order valence-electron chi connectivity index (χ1n) is 6.90. The summed E-state index contributed by atoms with van der Waals surface area (Å²) in [5.41, 5.74) is 0.333. The Morgan fingerprint density at radius 2 is 2.00 bits per heavy atom. The highest BCUT2D eigenvalue weighted by atomic mass is 15.2. The topological polar surface area (TPSA) is 18.5 Å². The molecule has 3 heteroatoms. The van der Waals surface area contributed by atoms with Crippen LogP contribution in [0.4, 0.5) is 0 Å². The second kappa shape index (κ2) is 6.17. The van der Waals surface area contributed by atoms with Gasteiger partial charge in [-0.25, -0.2) is 0 Å². The van der Waals surface area contributed by atoms with Gasteiger partial charge in [0.15, 0.2) is 0 Å². The molecule has 0 saturated carbocycles. The Morgan fingerprint density at radius 3 is 2.47 bits per heavy atom. The molecule has 0 amide bonds. The predicted molar refractivity (Wildman–Crippen MR) is 75.5 cm³/mol. The first kappa shape index (κ1) is 14.9. The third-order valence-electron chi connectivity index (χ3n) is 4.05. The second-order valence-electron chi connectivity index (χ2n) is 6.73. The number of rotatable bonds is 4. The van der Waals surface area contributed by atoms with E-state index in [1.165, 1.54) is 32.5 Å². The van der Waals surface area contributed by atoms with Crippen molar-refractivity contribution in [3.8, 4) is 0 Å². The summed E-state index contributed by atoms with van der Waals surface area (Å²) >= 11 is 0. The van der Waals surface area contributed by atoms with Crippen LogP contribution < -0.4 is 5.32 Å². The van der Waals surface area contributed by atoms with Crippen LogP contribution in [0.3, 0.4) is 0 Å². The summed E-state index contributed by atoms with van der Waals surface area (Å²) in [5, 5.41) is 3.48. The maximum absolute atomic E-state index is 3.48. The smallest absolute Gasteiger partial charge is 0.0240 e. The molecule has 2 unspecified atom stereocenters. The summed E-state index contributed by atoms with van der Waals surface area (Å²) in [6.07, 6.45) is 2.69. The fourth-order valence-corrected chi connectivity index (χ4v) is 2.67. The van der Waals surface area contributed by atoms with Crippen molar-refractivity contribution in [3.05, 3.63) is 0 Å². The van der Waals surface area contributed by atoms with Crippen LogP contribution in [0.2, 0.25) is 0 Å². The van der Waals surface area contributed by atoms with Crippen molar-refractivity contribution < 1.29 is 0 Å². The summed E-state index contributed by atoms with van der Waals surface area (Å²) in [5.74, 6) is 0. The van der Waals surface area contributed by atoms with Gasteiger partial charge in [-0.15, -0.1) is 0 Å². The third kappa shape index (κ3) is 4.57. The van der Waals surface area contributed by atoms with Crippen LogP contribution in [0, 0.1) is 5.41 Å². The van der Waals surface area contributed by atoms with Crippen molar-refractivity contribution in [2.45, 2.75) is 45.7 Å². The van der Waals surface area contributed by atoms with Crippen molar-refractivity contribution in [3.63, 3.8) is 0 Å². The van der Waals surface area contributed by atoms with Gasteiger partial charge in [0.2, 0.25) is 0 Å². The number of likely N-dealkylation sites (tertiary alicyclic amines) is 1. The SMILES string of the molecule is CNC(CN1CCCC(N(C)C)C1)C(C)(C)C. The van der Waals surface area contributed by atoms with Gasteiger partial charge in [-0.1, -0.05) is 20.8 Å². The molecule has 102 valence electrons. The van der Waals surface area contributed by atoms with Gasteiger partial charge in [0.05, 0.1) is 0 Å². The average molecular weight is 241 g/mol. The molecule has 0 aromatic rings. The summed E-state index contributed by atoms with van der Waals surface area (Å²) < 4.78 is 0. The largest absolute Gasteiger partial charge is 0.315 e. The standard InChI is InChI=1S/C14H31N3/c1-14(2,3)13(15-4)11-17-9-7-8-12(10-17)16(5)6/h12-13,15H,7-11H2,1-6H3. The number of nitrogens with one attached hydrogen (secondary N) is 1. The molecule has 1 heterocycles. The van der Waals surface area contributed by atoms with E-state index in [4.69, 9.17) is 0 Å². The molecule has 0 aliphatic carbocycles. The Bertz CT molecular complexity index is 220. The van der Waals surface area contributed by atoms with Crippen LogP contribution in [0.5, 0.6) is 0 Å². The number of hydrogen-bond acceptors (Lipinski definition) is 3. The van der Waals surface area contributed by atoms with Crippen molar-refractivity contribution >= 4 is 0 Å². The Balaban J connectivity index is 2.50. The molecular weight excluding hydrogens is 210 g/mol. The molecule has 0 radical (unpaired) electrons. The fraction of sp³-hybridized carbons (Fsp3) is 1.00. The molecule has 1 aliphatic rings. The maximum atomic E-state index is 3.48. The minimum Gasteiger partial charge on any atom is -0.315 e. The van der Waals surface area contributed by atoms with Crippen LogP contribution in [0.1, 0.15) is 33.6 Å². The van der Waals surface area contributed by atoms with E-state index in [1.54, 1.807) is 0 Å². The Morgan fingerprint density at radius 1 is 1.35 bits per heavy atom. The van der Waals surface area contributed by atoms with E-state index in [0.29, 0.717) is 11.5 Å². The minimum absolute atomic E-state index is 0.333. The van der Waals surface area contributed by atoms with Gasteiger partial charge in [-0.3, -0.25) is 0 Å². The highest BCUT2D eigenvalue weighted by Crippen LogP contribution is 2.22. The van der Waals surface area contributed by atoms with Gasteiger partial charge >= 0.3 is 0 Å². The fourth-order valence-electron chi connectivity index (χ4n) is 2.67. The molecule has 1 N–H and O–H groups in total. The molecule has 1 aliphatic heterocycles. The number of likely N-dealkylation sites (N-methyl/N-ethyl adjacent to an activating group) is 2. The van der Waals surface area contributed by atoms with E-state index in [1.807, 2.05) is 0 Å². The molecule has 1 saturated heterocycles. The lowest BCUT2D eigenvalue weighted by atomic mass is 9.86. The maximum Gasteiger partial charge on any atom is 0.0240 e. The lowest BCUT2D eigenvalue weighted by Gasteiger charge is -2.40. The average Bonchev–Trinajstić information content (AvgIpc) is 2.24. The molecular formula is C14H31N3. The molecule has 0 aromatic heterocycles. The van der Waals surface area contributed by atoms with E-state index in [0.717, 1.165) is 6.04 Å². The highest BCUT2D eigenvalue weighted by molar-refractivity contribution is 4.86. The molecule has 0 aromatic carbocycles. The zero-order valence-corrected chi connectivity index (χ0v) is 12.6. The lowest BCUT2D eigenvalue weighted by molar-refractivity contribution is 0.105. The number of hydrogen-bond donors (Lipinski definition) is 1. The van der Waals surface area contributed by atoms with Crippen LogP contribution in [0.25, 0.3) is 0 Å². The van der Waals surface area contributed by atoms with Gasteiger partial charge in [0.25, 0.3) is 0 Å². The van der Waals surface area contributed by atoms with Gasteiger partial charge in [-0.2, -0.15) is 0 Å². The third-order valence-corrected chi connectivity index (χ3v) is 4.05. The minimum atomic E-state index is 0.333. The van der Waals surface area contributed by atoms with Gasteiger partial charge < -0.3 is 15.1 Å². The summed E-state index contributed by atoms with van der Waals surface area (Å²) in [6.45, 7) is 10.6. The summed E-state index contributed by atoms with van der Waals surface area (Å²) in [4.78, 5) is 5.00. The molecule has 1 rings (SSSR count). The summed E-state index contributed by atoms with van der Waals surface area (Å²) in [6, 6.07) is 1.31. The Labute approximate surface area is 108 Å². The predicted octanol–water partition coefficient (Wildman–Crippen LogP) is 1.65. The Kier molecular flexibility index (Phi) is 5.42. The van der Waals surface area contributed by atoms with E-state index < -0.39 is 0 Å². The van der Waals surface area contributed by atoms with Crippen molar-refractivity contribution in [1.82, 2.24) is 15.1 Å². The molecule has 0 bridgehead atoms. The molecule has 2 atom stereocenters. The van der Waals surface area contributed by atoms with Gasteiger partial charge in [-0.05, 0) is 45.9 Å². The zero-order valence-electron chi connectivity index (χ0n) is 12.6. The Hall–Kier alpha value is -0.120. The van der Waals surface area contributed by atoms with Crippen LogP contribution in [-0.4, -0.2) is 62.7 Å². The molecule has 0 spiro atoms. The number of nitrogens with zero attached hydrogens (tertiary/aromatic N) is 2. The normalized spacial score (nSPS) is 25.2. The first-order chi connectivity index (χ1) is 7.84. The molecule has 17 heavy (non-hydrogen) atoms. The van der Waals surface area contributed by atoms with E-state index in [-0.39, 0.29) is 0 Å². The molecule has 3 nitrogen and oxygen atoms in total. The van der Waals surface area contributed by atoms with Crippen LogP contribution in [-0.2, 0) is 0 Å². The highest BCUT2D eigenvalue weighted by Gasteiger charge is 2.28. The van der Waals surface area contributed by atoms with E-state index in [9.17, 15) is 0 Å².